The van der Waals surface area contributed by atoms with E-state index in [9.17, 15) is 4.79 Å². The van der Waals surface area contributed by atoms with Gasteiger partial charge in [-0.1, -0.05) is 13.0 Å². The van der Waals surface area contributed by atoms with Crippen molar-refractivity contribution in [2.24, 2.45) is 5.92 Å². The average Bonchev–Trinajstić information content (AvgIpc) is 2.10. The van der Waals surface area contributed by atoms with Gasteiger partial charge in [-0.05, 0) is 27.7 Å². The summed E-state index contributed by atoms with van der Waals surface area (Å²) in [6.45, 7) is 13.8. The largest absolute Gasteiger partial charge is 0.460 e. The normalized spacial score (nSPS) is 15.5. The molecule has 0 aromatic rings. The molecular weight excluding hydrogens is 190 g/mol. The standard InChI is InChI=1S/C12H23NO2/c1-7-8-13-10(3)9(2)11(14)15-12(4,5)6/h7,9-10,13H,1,8H2,2-6H3. The molecule has 3 heteroatoms. The van der Waals surface area contributed by atoms with E-state index in [2.05, 4.69) is 11.9 Å². The number of nitrogens with one attached hydrogen (secondary N) is 1. The number of rotatable bonds is 5. The Morgan fingerprint density at radius 2 is 2.00 bits per heavy atom. The van der Waals surface area contributed by atoms with Crippen molar-refractivity contribution >= 4 is 5.97 Å². The van der Waals surface area contributed by atoms with E-state index in [4.69, 9.17) is 4.74 Å². The molecule has 0 aromatic heterocycles. The van der Waals surface area contributed by atoms with Gasteiger partial charge in [0.1, 0.15) is 5.60 Å². The van der Waals surface area contributed by atoms with Gasteiger partial charge in [-0.15, -0.1) is 6.58 Å². The summed E-state index contributed by atoms with van der Waals surface area (Å²) in [6.07, 6.45) is 1.78. The first kappa shape index (κ1) is 14.2. The van der Waals surface area contributed by atoms with Crippen LogP contribution in [-0.4, -0.2) is 24.2 Å². The summed E-state index contributed by atoms with van der Waals surface area (Å²) in [5, 5.41) is 3.18. The Bertz CT molecular complexity index is 218. The third kappa shape index (κ3) is 6.28. The molecule has 0 aromatic carbocycles. The number of hydrogen-bond acceptors (Lipinski definition) is 3. The van der Waals surface area contributed by atoms with Crippen LogP contribution in [0.3, 0.4) is 0 Å². The summed E-state index contributed by atoms with van der Waals surface area (Å²) in [7, 11) is 0. The van der Waals surface area contributed by atoms with Crippen LogP contribution in [0.15, 0.2) is 12.7 Å². The minimum atomic E-state index is -0.413. The van der Waals surface area contributed by atoms with E-state index in [0.29, 0.717) is 6.54 Å². The average molecular weight is 213 g/mol. The Balaban J connectivity index is 4.13. The van der Waals surface area contributed by atoms with Crippen molar-refractivity contribution in [1.82, 2.24) is 5.32 Å². The second-order valence-corrected chi connectivity index (χ2v) is 4.81. The molecule has 0 fully saturated rings. The van der Waals surface area contributed by atoms with Gasteiger partial charge in [-0.3, -0.25) is 4.79 Å². The zero-order valence-corrected chi connectivity index (χ0v) is 10.5. The maximum atomic E-state index is 11.7. The summed E-state index contributed by atoms with van der Waals surface area (Å²) in [5.41, 5.74) is -0.413. The second kappa shape index (κ2) is 5.91. The fourth-order valence-electron chi connectivity index (χ4n) is 1.04. The van der Waals surface area contributed by atoms with Crippen LogP contribution >= 0.6 is 0 Å². The van der Waals surface area contributed by atoms with Crippen molar-refractivity contribution < 1.29 is 9.53 Å². The molecule has 0 spiro atoms. The molecule has 0 aliphatic carbocycles. The van der Waals surface area contributed by atoms with Gasteiger partial charge >= 0.3 is 5.97 Å². The Kier molecular flexibility index (Phi) is 5.58. The van der Waals surface area contributed by atoms with Crippen LogP contribution in [0.5, 0.6) is 0 Å². The third-order valence-electron chi connectivity index (χ3n) is 2.11. The molecule has 0 bridgehead atoms. The number of carbonyl (C=O) groups is 1. The number of ether oxygens (including phenoxy) is 1. The smallest absolute Gasteiger partial charge is 0.310 e. The van der Waals surface area contributed by atoms with Crippen molar-refractivity contribution in [3.05, 3.63) is 12.7 Å². The van der Waals surface area contributed by atoms with E-state index in [-0.39, 0.29) is 17.9 Å². The molecule has 0 aliphatic rings. The van der Waals surface area contributed by atoms with E-state index < -0.39 is 5.60 Å². The Morgan fingerprint density at radius 3 is 2.40 bits per heavy atom. The number of carbonyl (C=O) groups excluding carboxylic acids is 1. The SMILES string of the molecule is C=CCNC(C)C(C)C(=O)OC(C)(C)C. The highest BCUT2D eigenvalue weighted by molar-refractivity contribution is 5.73. The Labute approximate surface area is 92.9 Å². The monoisotopic (exact) mass is 213 g/mol. The Morgan fingerprint density at radius 1 is 1.47 bits per heavy atom. The molecule has 0 saturated carbocycles. The fourth-order valence-corrected chi connectivity index (χ4v) is 1.04. The lowest BCUT2D eigenvalue weighted by molar-refractivity contribution is -0.160. The molecular formula is C12H23NO2. The molecule has 88 valence electrons. The first-order valence-corrected chi connectivity index (χ1v) is 5.35. The van der Waals surface area contributed by atoms with Gasteiger partial charge in [-0.25, -0.2) is 0 Å². The highest BCUT2D eigenvalue weighted by Crippen LogP contribution is 2.13. The van der Waals surface area contributed by atoms with Gasteiger partial charge in [0.2, 0.25) is 0 Å². The maximum absolute atomic E-state index is 11.7. The molecule has 0 amide bonds. The van der Waals surface area contributed by atoms with E-state index >= 15 is 0 Å². The van der Waals surface area contributed by atoms with Crippen molar-refractivity contribution in [3.8, 4) is 0 Å². The first-order chi connectivity index (χ1) is 6.78. The van der Waals surface area contributed by atoms with Crippen molar-refractivity contribution in [2.75, 3.05) is 6.54 Å². The van der Waals surface area contributed by atoms with Gasteiger partial charge in [0.05, 0.1) is 5.92 Å². The molecule has 3 nitrogen and oxygen atoms in total. The van der Waals surface area contributed by atoms with Gasteiger partial charge in [-0.2, -0.15) is 0 Å². The zero-order valence-electron chi connectivity index (χ0n) is 10.5. The summed E-state index contributed by atoms with van der Waals surface area (Å²) in [4.78, 5) is 11.7. The predicted molar refractivity (Wildman–Crippen MR) is 62.7 cm³/mol. The van der Waals surface area contributed by atoms with Gasteiger partial charge in [0.15, 0.2) is 0 Å². The van der Waals surface area contributed by atoms with E-state index in [1.165, 1.54) is 0 Å². The number of hydrogen-bond donors (Lipinski definition) is 1. The molecule has 0 rings (SSSR count). The quantitative estimate of drug-likeness (QED) is 0.561. The van der Waals surface area contributed by atoms with Crippen molar-refractivity contribution in [2.45, 2.75) is 46.3 Å². The van der Waals surface area contributed by atoms with E-state index in [1.54, 1.807) is 6.08 Å². The van der Waals surface area contributed by atoms with E-state index in [1.807, 2.05) is 34.6 Å². The van der Waals surface area contributed by atoms with Crippen LogP contribution in [0.2, 0.25) is 0 Å². The molecule has 15 heavy (non-hydrogen) atoms. The molecule has 1 N–H and O–H groups in total. The lowest BCUT2D eigenvalue weighted by Gasteiger charge is -2.25. The van der Waals surface area contributed by atoms with Crippen LogP contribution in [-0.2, 0) is 9.53 Å². The van der Waals surface area contributed by atoms with Crippen LogP contribution in [0, 0.1) is 5.92 Å². The van der Waals surface area contributed by atoms with Crippen LogP contribution < -0.4 is 5.32 Å². The molecule has 0 saturated heterocycles. The summed E-state index contributed by atoms with van der Waals surface area (Å²) in [5.74, 6) is -0.310. The summed E-state index contributed by atoms with van der Waals surface area (Å²) < 4.78 is 5.30. The van der Waals surface area contributed by atoms with Crippen molar-refractivity contribution in [3.63, 3.8) is 0 Å². The lowest BCUT2D eigenvalue weighted by Crippen LogP contribution is -2.39. The molecule has 0 radical (unpaired) electrons. The molecule has 0 heterocycles. The summed E-state index contributed by atoms with van der Waals surface area (Å²) in [6, 6.07) is 0.0952. The highest BCUT2D eigenvalue weighted by atomic mass is 16.6. The topological polar surface area (TPSA) is 38.3 Å². The molecule has 2 unspecified atom stereocenters. The number of esters is 1. The van der Waals surface area contributed by atoms with Crippen LogP contribution in [0.1, 0.15) is 34.6 Å². The van der Waals surface area contributed by atoms with Gasteiger partial charge in [0, 0.05) is 12.6 Å². The fraction of sp³-hybridized carbons (Fsp3) is 0.750. The van der Waals surface area contributed by atoms with Gasteiger partial charge in [0.25, 0.3) is 0 Å². The lowest BCUT2D eigenvalue weighted by atomic mass is 10.0. The minimum Gasteiger partial charge on any atom is -0.460 e. The van der Waals surface area contributed by atoms with Crippen LogP contribution in [0.4, 0.5) is 0 Å². The highest BCUT2D eigenvalue weighted by Gasteiger charge is 2.25. The minimum absolute atomic E-state index is 0.0952. The van der Waals surface area contributed by atoms with Crippen LogP contribution in [0.25, 0.3) is 0 Å². The molecule has 0 aliphatic heterocycles. The summed E-state index contributed by atoms with van der Waals surface area (Å²) >= 11 is 0. The second-order valence-electron chi connectivity index (χ2n) is 4.81. The van der Waals surface area contributed by atoms with Crippen molar-refractivity contribution in [1.29, 1.82) is 0 Å². The predicted octanol–water partition coefficient (Wildman–Crippen LogP) is 2.13. The third-order valence-corrected chi connectivity index (χ3v) is 2.11. The van der Waals surface area contributed by atoms with Gasteiger partial charge < -0.3 is 10.1 Å². The van der Waals surface area contributed by atoms with E-state index in [0.717, 1.165) is 0 Å². The first-order valence-electron chi connectivity index (χ1n) is 5.35. The Hall–Kier alpha value is -0.830. The zero-order chi connectivity index (χ0) is 12.1. The molecule has 2 atom stereocenters. The maximum Gasteiger partial charge on any atom is 0.310 e.